The molecule has 0 amide bonds. The summed E-state index contributed by atoms with van der Waals surface area (Å²) < 4.78 is 59.9. The van der Waals surface area contributed by atoms with E-state index in [1.165, 1.54) is 37.4 Å². The van der Waals surface area contributed by atoms with Gasteiger partial charge in [0.2, 0.25) is 5.95 Å². The third-order valence-corrected chi connectivity index (χ3v) is 7.01. The standard InChI is InChI=1S/C19H19N5O7S2/c1-12-10-13(2)21-19(20-12)23-32(27,28)15-6-4-14(5-7-15)22-33(29,30)16-8-9-18(31-3)17(11-16)24(25)26/h4-11,22H,1-3H3,(H,20,21,23). The molecule has 0 aliphatic carbocycles. The lowest BCUT2D eigenvalue weighted by Gasteiger charge is -2.11. The van der Waals surface area contributed by atoms with Gasteiger partial charge in [-0.1, -0.05) is 0 Å². The molecule has 0 aliphatic heterocycles. The summed E-state index contributed by atoms with van der Waals surface area (Å²) in [6, 6.07) is 9.76. The third-order valence-electron chi connectivity index (χ3n) is 4.28. The molecule has 0 saturated heterocycles. The second kappa shape index (κ2) is 8.99. The van der Waals surface area contributed by atoms with Gasteiger partial charge < -0.3 is 4.74 Å². The molecule has 0 aliphatic rings. The van der Waals surface area contributed by atoms with E-state index in [0.29, 0.717) is 11.4 Å². The largest absolute Gasteiger partial charge is 0.490 e. The van der Waals surface area contributed by atoms with Gasteiger partial charge in [-0.15, -0.1) is 0 Å². The van der Waals surface area contributed by atoms with Crippen molar-refractivity contribution in [3.05, 3.63) is 70.0 Å². The van der Waals surface area contributed by atoms with E-state index in [0.717, 1.165) is 12.1 Å². The lowest BCUT2D eigenvalue weighted by atomic mass is 10.3. The van der Waals surface area contributed by atoms with Crippen molar-refractivity contribution in [1.82, 2.24) is 9.97 Å². The summed E-state index contributed by atoms with van der Waals surface area (Å²) in [5, 5.41) is 11.2. The van der Waals surface area contributed by atoms with Crippen molar-refractivity contribution in [3.8, 4) is 5.75 Å². The quantitative estimate of drug-likeness (QED) is 0.353. The van der Waals surface area contributed by atoms with Crippen LogP contribution in [-0.4, -0.2) is 38.8 Å². The van der Waals surface area contributed by atoms with E-state index >= 15 is 0 Å². The van der Waals surface area contributed by atoms with Crippen molar-refractivity contribution in [2.45, 2.75) is 23.6 Å². The Hall–Kier alpha value is -3.78. The van der Waals surface area contributed by atoms with Crippen LogP contribution in [0.15, 0.2) is 58.3 Å². The number of hydrogen-bond donors (Lipinski definition) is 2. The van der Waals surface area contributed by atoms with Gasteiger partial charge in [-0.2, -0.15) is 0 Å². The van der Waals surface area contributed by atoms with Gasteiger partial charge in [0, 0.05) is 23.1 Å². The first kappa shape index (κ1) is 23.9. The van der Waals surface area contributed by atoms with Crippen LogP contribution in [0.2, 0.25) is 0 Å². The fraction of sp³-hybridized carbons (Fsp3) is 0.158. The Kier molecular flexibility index (Phi) is 6.51. The molecule has 2 N–H and O–H groups in total. The Bertz CT molecular complexity index is 1400. The fourth-order valence-corrected chi connectivity index (χ4v) is 4.87. The molecule has 174 valence electrons. The number of ether oxygens (including phenoxy) is 1. The zero-order valence-electron chi connectivity index (χ0n) is 17.6. The molecule has 1 heterocycles. The van der Waals surface area contributed by atoms with E-state index in [1.54, 1.807) is 19.9 Å². The average molecular weight is 494 g/mol. The van der Waals surface area contributed by atoms with E-state index in [2.05, 4.69) is 19.4 Å². The van der Waals surface area contributed by atoms with Gasteiger partial charge in [-0.25, -0.2) is 31.5 Å². The molecule has 0 fully saturated rings. The highest BCUT2D eigenvalue weighted by atomic mass is 32.2. The monoisotopic (exact) mass is 493 g/mol. The molecule has 14 heteroatoms. The maximum Gasteiger partial charge on any atom is 0.312 e. The highest BCUT2D eigenvalue weighted by molar-refractivity contribution is 7.93. The first-order valence-electron chi connectivity index (χ1n) is 9.22. The molecule has 1 aromatic heterocycles. The molecule has 0 bridgehead atoms. The van der Waals surface area contributed by atoms with Gasteiger partial charge in [0.1, 0.15) is 0 Å². The minimum Gasteiger partial charge on any atom is -0.490 e. The Labute approximate surface area is 189 Å². The third kappa shape index (κ3) is 5.53. The van der Waals surface area contributed by atoms with E-state index in [1.807, 2.05) is 0 Å². The first-order valence-corrected chi connectivity index (χ1v) is 12.2. The molecule has 33 heavy (non-hydrogen) atoms. The van der Waals surface area contributed by atoms with Crippen LogP contribution in [-0.2, 0) is 20.0 Å². The van der Waals surface area contributed by atoms with Crippen LogP contribution in [0.3, 0.4) is 0 Å². The molecule has 0 unspecified atom stereocenters. The van der Waals surface area contributed by atoms with Crippen LogP contribution in [0.5, 0.6) is 5.75 Å². The maximum atomic E-state index is 12.6. The van der Waals surface area contributed by atoms with Crippen LogP contribution in [0, 0.1) is 24.0 Å². The number of nitro benzene ring substituents is 1. The Balaban J connectivity index is 1.82. The van der Waals surface area contributed by atoms with Crippen LogP contribution < -0.4 is 14.2 Å². The summed E-state index contributed by atoms with van der Waals surface area (Å²) in [6.07, 6.45) is 0. The first-order chi connectivity index (χ1) is 15.4. The van der Waals surface area contributed by atoms with Crippen LogP contribution in [0.4, 0.5) is 17.3 Å². The molecule has 0 spiro atoms. The van der Waals surface area contributed by atoms with Crippen molar-refractivity contribution in [3.63, 3.8) is 0 Å². The zero-order chi connectivity index (χ0) is 24.4. The van der Waals surface area contributed by atoms with Crippen molar-refractivity contribution < 1.29 is 26.5 Å². The SMILES string of the molecule is COc1ccc(S(=O)(=O)Nc2ccc(S(=O)(=O)Nc3nc(C)cc(C)n3)cc2)cc1[N+](=O)[O-]. The Morgan fingerprint density at radius 3 is 1.94 bits per heavy atom. The number of sulfonamides is 2. The number of aromatic nitrogens is 2. The molecular formula is C19H19N5O7S2. The number of nitrogens with zero attached hydrogens (tertiary/aromatic N) is 3. The smallest absolute Gasteiger partial charge is 0.312 e. The van der Waals surface area contributed by atoms with Crippen molar-refractivity contribution in [1.29, 1.82) is 0 Å². The minimum absolute atomic E-state index is 0.0510. The van der Waals surface area contributed by atoms with Gasteiger partial charge in [0.15, 0.2) is 5.75 Å². The van der Waals surface area contributed by atoms with E-state index in [-0.39, 0.29) is 27.2 Å². The second-order valence-corrected chi connectivity index (χ2v) is 10.2. The number of nitrogens with one attached hydrogen (secondary N) is 2. The number of nitro groups is 1. The summed E-state index contributed by atoms with van der Waals surface area (Å²) in [6.45, 7) is 3.40. The summed E-state index contributed by atoms with van der Waals surface area (Å²) in [4.78, 5) is 17.9. The van der Waals surface area contributed by atoms with E-state index in [9.17, 15) is 26.9 Å². The molecule has 0 atom stereocenters. The van der Waals surface area contributed by atoms with Crippen LogP contribution in [0.1, 0.15) is 11.4 Å². The lowest BCUT2D eigenvalue weighted by molar-refractivity contribution is -0.386. The number of methoxy groups -OCH3 is 1. The number of aryl methyl sites for hydroxylation is 2. The van der Waals surface area contributed by atoms with E-state index in [4.69, 9.17) is 4.74 Å². The summed E-state index contributed by atoms with van der Waals surface area (Å²) in [5.41, 5.74) is 0.712. The van der Waals surface area contributed by atoms with Crippen molar-refractivity contribution in [2.24, 2.45) is 0 Å². The second-order valence-electron chi connectivity index (χ2n) is 6.80. The van der Waals surface area contributed by atoms with Crippen LogP contribution in [0.25, 0.3) is 0 Å². The van der Waals surface area contributed by atoms with Crippen molar-refractivity contribution >= 4 is 37.4 Å². The molecule has 3 rings (SSSR count). The summed E-state index contributed by atoms with van der Waals surface area (Å²) >= 11 is 0. The molecule has 0 saturated carbocycles. The minimum atomic E-state index is -4.20. The normalized spacial score (nSPS) is 11.6. The topological polar surface area (TPSA) is 170 Å². The summed E-state index contributed by atoms with van der Waals surface area (Å²) in [7, 11) is -6.99. The van der Waals surface area contributed by atoms with Gasteiger partial charge >= 0.3 is 5.69 Å². The number of rotatable bonds is 8. The fourth-order valence-electron chi connectivity index (χ4n) is 2.85. The summed E-state index contributed by atoms with van der Waals surface area (Å²) in [5.74, 6) is -0.174. The molecule has 12 nitrogen and oxygen atoms in total. The Morgan fingerprint density at radius 1 is 0.848 bits per heavy atom. The number of benzene rings is 2. The predicted molar refractivity (Wildman–Crippen MR) is 119 cm³/mol. The highest BCUT2D eigenvalue weighted by Crippen LogP contribution is 2.30. The molecule has 0 radical (unpaired) electrons. The zero-order valence-corrected chi connectivity index (χ0v) is 19.3. The molecular weight excluding hydrogens is 474 g/mol. The average Bonchev–Trinajstić information content (AvgIpc) is 2.72. The van der Waals surface area contributed by atoms with Gasteiger partial charge in [0.25, 0.3) is 20.0 Å². The number of anilines is 2. The van der Waals surface area contributed by atoms with Gasteiger partial charge in [-0.05, 0) is 56.3 Å². The van der Waals surface area contributed by atoms with Crippen molar-refractivity contribution in [2.75, 3.05) is 16.6 Å². The molecule has 2 aromatic carbocycles. The number of hydrogen-bond acceptors (Lipinski definition) is 9. The van der Waals surface area contributed by atoms with Crippen LogP contribution >= 0.6 is 0 Å². The predicted octanol–water partition coefficient (Wildman–Crippen LogP) is 2.61. The highest BCUT2D eigenvalue weighted by Gasteiger charge is 2.23. The van der Waals surface area contributed by atoms with Gasteiger partial charge in [0.05, 0.1) is 21.8 Å². The molecule has 3 aromatic rings. The maximum absolute atomic E-state index is 12.6. The van der Waals surface area contributed by atoms with Gasteiger partial charge in [-0.3, -0.25) is 14.8 Å². The van der Waals surface area contributed by atoms with E-state index < -0.39 is 30.7 Å². The lowest BCUT2D eigenvalue weighted by Crippen LogP contribution is -2.16. The Morgan fingerprint density at radius 2 is 1.39 bits per heavy atom.